The van der Waals surface area contributed by atoms with Crippen LogP contribution in [0, 0.1) is 0 Å². The molecule has 1 fully saturated rings. The van der Waals surface area contributed by atoms with Crippen LogP contribution < -0.4 is 0 Å². The SMILES string of the molecule is C=C1c2ccccc2C(=O)N1CC(=O)OCC(=O)N(C1=CCCCC1)C1CC1. The zero-order valence-corrected chi connectivity index (χ0v) is 15.9. The minimum absolute atomic E-state index is 0.182. The Morgan fingerprint density at radius 1 is 1.18 bits per heavy atom. The Kier molecular flexibility index (Phi) is 5.03. The minimum Gasteiger partial charge on any atom is -0.454 e. The highest BCUT2D eigenvalue weighted by Gasteiger charge is 2.36. The summed E-state index contributed by atoms with van der Waals surface area (Å²) >= 11 is 0. The topological polar surface area (TPSA) is 66.9 Å². The van der Waals surface area contributed by atoms with E-state index in [1.807, 2.05) is 11.0 Å². The van der Waals surface area contributed by atoms with Gasteiger partial charge >= 0.3 is 5.97 Å². The second kappa shape index (κ2) is 7.62. The van der Waals surface area contributed by atoms with E-state index in [4.69, 9.17) is 4.74 Å². The van der Waals surface area contributed by atoms with Crippen molar-refractivity contribution in [2.24, 2.45) is 0 Å². The number of esters is 1. The number of ether oxygens (including phenoxy) is 1. The number of rotatable bonds is 6. The number of hydrogen-bond acceptors (Lipinski definition) is 4. The lowest BCUT2D eigenvalue weighted by atomic mass is 10.0. The van der Waals surface area contributed by atoms with E-state index in [0.29, 0.717) is 11.3 Å². The van der Waals surface area contributed by atoms with Gasteiger partial charge in [0.05, 0.1) is 0 Å². The lowest BCUT2D eigenvalue weighted by Gasteiger charge is -2.27. The normalized spacial score (nSPS) is 18.6. The molecule has 28 heavy (non-hydrogen) atoms. The largest absolute Gasteiger partial charge is 0.454 e. The summed E-state index contributed by atoms with van der Waals surface area (Å²) in [6.45, 7) is 3.37. The average Bonchev–Trinajstić information content (AvgIpc) is 3.52. The van der Waals surface area contributed by atoms with E-state index in [0.717, 1.165) is 49.8 Å². The van der Waals surface area contributed by atoms with Gasteiger partial charge in [-0.3, -0.25) is 19.3 Å². The molecule has 0 unspecified atom stereocenters. The molecule has 0 radical (unpaired) electrons. The molecule has 0 N–H and O–H groups in total. The smallest absolute Gasteiger partial charge is 0.326 e. The van der Waals surface area contributed by atoms with Crippen LogP contribution in [0.2, 0.25) is 0 Å². The summed E-state index contributed by atoms with van der Waals surface area (Å²) in [5.74, 6) is -1.06. The van der Waals surface area contributed by atoms with Crippen molar-refractivity contribution in [3.63, 3.8) is 0 Å². The molecule has 2 aliphatic carbocycles. The molecular formula is C22H24N2O4. The Bertz CT molecular complexity index is 834. The Morgan fingerprint density at radius 3 is 2.57 bits per heavy atom. The first-order valence-corrected chi connectivity index (χ1v) is 9.83. The van der Waals surface area contributed by atoms with Gasteiger partial charge in [-0.1, -0.05) is 30.9 Å². The number of allylic oxidation sites excluding steroid dienone is 2. The molecule has 1 aromatic carbocycles. The molecule has 0 bridgehead atoms. The summed E-state index contributed by atoms with van der Waals surface area (Å²) < 4.78 is 5.22. The van der Waals surface area contributed by atoms with Gasteiger partial charge in [-0.15, -0.1) is 0 Å². The third kappa shape index (κ3) is 3.59. The first-order chi connectivity index (χ1) is 13.6. The molecule has 0 saturated heterocycles. The monoisotopic (exact) mass is 380 g/mol. The molecular weight excluding hydrogens is 356 g/mol. The fourth-order valence-corrected chi connectivity index (χ4v) is 3.86. The van der Waals surface area contributed by atoms with Gasteiger partial charge in [0.1, 0.15) is 6.54 Å². The fourth-order valence-electron chi connectivity index (χ4n) is 3.86. The second-order valence-corrected chi connectivity index (χ2v) is 7.48. The number of nitrogens with zero attached hydrogens (tertiary/aromatic N) is 2. The third-order valence-electron chi connectivity index (χ3n) is 5.44. The molecule has 3 aliphatic rings. The summed E-state index contributed by atoms with van der Waals surface area (Å²) in [6, 6.07) is 7.35. The number of hydrogen-bond donors (Lipinski definition) is 0. The van der Waals surface area contributed by atoms with E-state index >= 15 is 0 Å². The minimum atomic E-state index is -0.607. The van der Waals surface area contributed by atoms with Crippen LogP contribution in [0.1, 0.15) is 54.4 Å². The van der Waals surface area contributed by atoms with E-state index in [2.05, 4.69) is 12.7 Å². The highest BCUT2D eigenvalue weighted by Crippen LogP contribution is 2.34. The molecule has 6 nitrogen and oxygen atoms in total. The maximum absolute atomic E-state index is 12.7. The molecule has 1 heterocycles. The van der Waals surface area contributed by atoms with Gasteiger partial charge in [-0.2, -0.15) is 0 Å². The number of carbonyl (C=O) groups excluding carboxylic acids is 3. The van der Waals surface area contributed by atoms with Crippen LogP contribution in [0.5, 0.6) is 0 Å². The zero-order valence-electron chi connectivity index (χ0n) is 15.9. The molecule has 0 atom stereocenters. The molecule has 6 heteroatoms. The molecule has 4 rings (SSSR count). The summed E-state index contributed by atoms with van der Waals surface area (Å²) in [7, 11) is 0. The van der Waals surface area contributed by atoms with Crippen LogP contribution in [-0.4, -0.2) is 46.8 Å². The molecule has 1 aromatic rings. The summed E-state index contributed by atoms with van der Waals surface area (Å²) in [5.41, 5.74) is 2.80. The van der Waals surface area contributed by atoms with Gasteiger partial charge < -0.3 is 9.64 Å². The lowest BCUT2D eigenvalue weighted by Crippen LogP contribution is -2.38. The van der Waals surface area contributed by atoms with Crippen molar-refractivity contribution in [1.82, 2.24) is 9.80 Å². The second-order valence-electron chi connectivity index (χ2n) is 7.48. The lowest BCUT2D eigenvalue weighted by molar-refractivity contribution is -0.151. The fraction of sp³-hybridized carbons (Fsp3) is 0.409. The van der Waals surface area contributed by atoms with Crippen molar-refractivity contribution in [3.8, 4) is 0 Å². The van der Waals surface area contributed by atoms with E-state index in [1.54, 1.807) is 18.2 Å². The predicted octanol–water partition coefficient (Wildman–Crippen LogP) is 3.11. The van der Waals surface area contributed by atoms with Gasteiger partial charge in [-0.25, -0.2) is 0 Å². The van der Waals surface area contributed by atoms with Crippen LogP contribution in [0.25, 0.3) is 5.70 Å². The van der Waals surface area contributed by atoms with Crippen LogP contribution >= 0.6 is 0 Å². The van der Waals surface area contributed by atoms with Gasteiger partial charge in [-0.05, 0) is 44.6 Å². The molecule has 0 aromatic heterocycles. The van der Waals surface area contributed by atoms with Gasteiger partial charge in [0.2, 0.25) is 0 Å². The van der Waals surface area contributed by atoms with Crippen molar-refractivity contribution < 1.29 is 19.1 Å². The predicted molar refractivity (Wildman–Crippen MR) is 104 cm³/mol. The van der Waals surface area contributed by atoms with Crippen molar-refractivity contribution in [2.75, 3.05) is 13.2 Å². The Morgan fingerprint density at radius 2 is 1.93 bits per heavy atom. The molecule has 1 saturated carbocycles. The number of amides is 2. The Hall–Kier alpha value is -2.89. The number of fused-ring (bicyclic) bond motifs is 1. The summed E-state index contributed by atoms with van der Waals surface area (Å²) in [4.78, 5) is 40.6. The average molecular weight is 380 g/mol. The van der Waals surface area contributed by atoms with Crippen molar-refractivity contribution >= 4 is 23.5 Å². The van der Waals surface area contributed by atoms with Gasteiger partial charge in [0.25, 0.3) is 11.8 Å². The van der Waals surface area contributed by atoms with E-state index in [1.165, 1.54) is 4.90 Å². The molecule has 146 valence electrons. The van der Waals surface area contributed by atoms with Gasteiger partial charge in [0, 0.05) is 28.6 Å². The van der Waals surface area contributed by atoms with E-state index in [9.17, 15) is 14.4 Å². The van der Waals surface area contributed by atoms with Crippen LogP contribution in [-0.2, 0) is 14.3 Å². The van der Waals surface area contributed by atoms with Crippen LogP contribution in [0.3, 0.4) is 0 Å². The first-order valence-electron chi connectivity index (χ1n) is 9.83. The van der Waals surface area contributed by atoms with E-state index in [-0.39, 0.29) is 31.0 Å². The summed E-state index contributed by atoms with van der Waals surface area (Å²) in [6.07, 6.45) is 8.26. The van der Waals surface area contributed by atoms with Gasteiger partial charge in [0.15, 0.2) is 6.61 Å². The number of carbonyl (C=O) groups is 3. The maximum atomic E-state index is 12.7. The first kappa shape index (κ1) is 18.5. The van der Waals surface area contributed by atoms with E-state index < -0.39 is 5.97 Å². The molecule has 2 amide bonds. The highest BCUT2D eigenvalue weighted by atomic mass is 16.5. The van der Waals surface area contributed by atoms with Crippen LogP contribution in [0.15, 0.2) is 42.6 Å². The zero-order chi connectivity index (χ0) is 19.7. The quantitative estimate of drug-likeness (QED) is 0.711. The molecule has 0 spiro atoms. The van der Waals surface area contributed by atoms with Crippen LogP contribution in [0.4, 0.5) is 0 Å². The number of benzene rings is 1. The van der Waals surface area contributed by atoms with Crippen molar-refractivity contribution in [2.45, 2.75) is 44.6 Å². The summed E-state index contributed by atoms with van der Waals surface area (Å²) in [5, 5.41) is 0. The Balaban J connectivity index is 1.34. The third-order valence-corrected chi connectivity index (χ3v) is 5.44. The highest BCUT2D eigenvalue weighted by molar-refractivity contribution is 6.10. The molecule has 1 aliphatic heterocycles. The van der Waals surface area contributed by atoms with Crippen molar-refractivity contribution in [1.29, 1.82) is 0 Å². The standard InChI is InChI=1S/C22H24N2O4/c1-15-18-9-5-6-10-19(18)22(27)23(15)13-21(26)28-14-20(25)24(17-11-12-17)16-7-3-2-4-8-16/h5-7,9-10,17H,1-4,8,11-14H2. The maximum Gasteiger partial charge on any atom is 0.326 e. The Labute approximate surface area is 164 Å². The van der Waals surface area contributed by atoms with Crippen molar-refractivity contribution in [3.05, 3.63) is 53.7 Å².